The van der Waals surface area contributed by atoms with Crippen LogP contribution in [0.15, 0.2) is 29.2 Å². The summed E-state index contributed by atoms with van der Waals surface area (Å²) >= 11 is 0. The zero-order valence-electron chi connectivity index (χ0n) is 10.7. The van der Waals surface area contributed by atoms with Gasteiger partial charge in [0.2, 0.25) is 0 Å². The maximum atomic E-state index is 12.0. The summed E-state index contributed by atoms with van der Waals surface area (Å²) in [6, 6.07) is 7.95. The molecule has 0 radical (unpaired) electrons. The highest BCUT2D eigenvalue weighted by Gasteiger charge is 2.18. The first-order valence-electron chi connectivity index (χ1n) is 6.46. The van der Waals surface area contributed by atoms with Gasteiger partial charge in [-0.1, -0.05) is 12.8 Å². The van der Waals surface area contributed by atoms with E-state index in [4.69, 9.17) is 10.00 Å². The topological polar surface area (TPSA) is 67.2 Å². The molecule has 1 fully saturated rings. The van der Waals surface area contributed by atoms with Crippen LogP contribution in [0.25, 0.3) is 0 Å². The Labute approximate surface area is 113 Å². The van der Waals surface area contributed by atoms with Gasteiger partial charge in [-0.25, -0.2) is 8.42 Å². The first kappa shape index (κ1) is 14.0. The minimum Gasteiger partial charge on any atom is -0.377 e. The van der Waals surface area contributed by atoms with Gasteiger partial charge in [0.25, 0.3) is 0 Å². The van der Waals surface area contributed by atoms with Crippen molar-refractivity contribution in [2.45, 2.75) is 36.7 Å². The van der Waals surface area contributed by atoms with Gasteiger partial charge in [0.1, 0.15) is 0 Å². The van der Waals surface area contributed by atoms with E-state index in [1.54, 1.807) is 0 Å². The molecule has 1 aliphatic carbocycles. The van der Waals surface area contributed by atoms with E-state index in [1.807, 2.05) is 6.07 Å². The Morgan fingerprint density at radius 1 is 1.21 bits per heavy atom. The largest absolute Gasteiger partial charge is 0.377 e. The van der Waals surface area contributed by atoms with Gasteiger partial charge in [-0.3, -0.25) is 0 Å². The Kier molecular flexibility index (Phi) is 4.56. The molecule has 1 aliphatic rings. The predicted octanol–water partition coefficient (Wildman–Crippen LogP) is 2.29. The fourth-order valence-electron chi connectivity index (χ4n) is 2.23. The van der Waals surface area contributed by atoms with Crippen molar-refractivity contribution in [3.63, 3.8) is 0 Å². The third-order valence-corrected chi connectivity index (χ3v) is 5.04. The zero-order chi connectivity index (χ0) is 13.7. The molecule has 1 aromatic rings. The highest BCUT2D eigenvalue weighted by molar-refractivity contribution is 7.91. The van der Waals surface area contributed by atoms with Gasteiger partial charge >= 0.3 is 0 Å². The standard InChI is InChI=1S/C14H17NO3S/c15-11-12-5-7-14(8-6-12)19(16,17)10-9-18-13-3-1-2-4-13/h5-8,13H,1-4,9-10H2. The summed E-state index contributed by atoms with van der Waals surface area (Å²) < 4.78 is 29.7. The molecule has 0 heterocycles. The van der Waals surface area contributed by atoms with Crippen molar-refractivity contribution in [1.29, 1.82) is 5.26 Å². The summed E-state index contributed by atoms with van der Waals surface area (Å²) in [7, 11) is -3.31. The molecule has 0 aromatic heterocycles. The maximum Gasteiger partial charge on any atom is 0.180 e. The van der Waals surface area contributed by atoms with E-state index < -0.39 is 9.84 Å². The Morgan fingerprint density at radius 3 is 2.42 bits per heavy atom. The molecule has 5 heteroatoms. The molecule has 0 amide bonds. The smallest absolute Gasteiger partial charge is 0.180 e. The average Bonchev–Trinajstić information content (AvgIpc) is 2.92. The van der Waals surface area contributed by atoms with Crippen molar-refractivity contribution in [3.8, 4) is 6.07 Å². The summed E-state index contributed by atoms with van der Waals surface area (Å²) in [5.74, 6) is -0.00456. The Balaban J connectivity index is 1.91. The van der Waals surface area contributed by atoms with Crippen molar-refractivity contribution in [2.24, 2.45) is 0 Å². The number of nitrogens with zero attached hydrogens (tertiary/aromatic N) is 1. The number of sulfone groups is 1. The van der Waals surface area contributed by atoms with E-state index in [0.29, 0.717) is 5.56 Å². The van der Waals surface area contributed by atoms with Gasteiger partial charge in [-0.15, -0.1) is 0 Å². The van der Waals surface area contributed by atoms with Crippen LogP contribution >= 0.6 is 0 Å². The number of hydrogen-bond donors (Lipinski definition) is 0. The van der Waals surface area contributed by atoms with Gasteiger partial charge in [0.05, 0.1) is 35.0 Å². The molecule has 0 aliphatic heterocycles. The summed E-state index contributed by atoms with van der Waals surface area (Å²) in [6.45, 7) is 0.243. The highest BCUT2D eigenvalue weighted by atomic mass is 32.2. The molecule has 2 rings (SSSR count). The monoisotopic (exact) mass is 279 g/mol. The summed E-state index contributed by atoms with van der Waals surface area (Å²) in [5, 5.41) is 8.67. The van der Waals surface area contributed by atoms with Crippen molar-refractivity contribution in [3.05, 3.63) is 29.8 Å². The summed E-state index contributed by atoms with van der Waals surface area (Å²) in [5.41, 5.74) is 0.459. The molecular weight excluding hydrogens is 262 g/mol. The van der Waals surface area contributed by atoms with Crippen molar-refractivity contribution in [1.82, 2.24) is 0 Å². The van der Waals surface area contributed by atoms with E-state index in [0.717, 1.165) is 12.8 Å². The van der Waals surface area contributed by atoms with Crippen LogP contribution in [-0.4, -0.2) is 26.9 Å². The van der Waals surface area contributed by atoms with Crippen molar-refractivity contribution >= 4 is 9.84 Å². The minimum atomic E-state index is -3.31. The number of benzene rings is 1. The number of rotatable bonds is 5. The Bertz CT molecular complexity index is 551. The predicted molar refractivity (Wildman–Crippen MR) is 71.4 cm³/mol. The molecule has 19 heavy (non-hydrogen) atoms. The number of hydrogen-bond acceptors (Lipinski definition) is 4. The molecule has 0 bridgehead atoms. The van der Waals surface area contributed by atoms with E-state index >= 15 is 0 Å². The summed E-state index contributed by atoms with van der Waals surface area (Å²) in [6.07, 6.45) is 4.66. The van der Waals surface area contributed by atoms with Crippen LogP contribution in [0.1, 0.15) is 31.2 Å². The molecule has 102 valence electrons. The van der Waals surface area contributed by atoms with E-state index in [-0.39, 0.29) is 23.4 Å². The van der Waals surface area contributed by atoms with Gasteiger partial charge in [-0.05, 0) is 37.1 Å². The van der Waals surface area contributed by atoms with E-state index in [2.05, 4.69) is 0 Å². The molecule has 0 unspecified atom stereocenters. The fraction of sp³-hybridized carbons (Fsp3) is 0.500. The molecular formula is C14H17NO3S. The van der Waals surface area contributed by atoms with Gasteiger partial charge in [-0.2, -0.15) is 5.26 Å². The van der Waals surface area contributed by atoms with Crippen LogP contribution in [0.5, 0.6) is 0 Å². The molecule has 0 saturated heterocycles. The van der Waals surface area contributed by atoms with Crippen LogP contribution in [0.3, 0.4) is 0 Å². The van der Waals surface area contributed by atoms with Gasteiger partial charge in [0.15, 0.2) is 9.84 Å². The normalized spacial score (nSPS) is 16.4. The minimum absolute atomic E-state index is 0.00456. The van der Waals surface area contributed by atoms with Crippen LogP contribution in [-0.2, 0) is 14.6 Å². The van der Waals surface area contributed by atoms with Gasteiger partial charge in [0, 0.05) is 0 Å². The lowest BCUT2D eigenvalue weighted by Gasteiger charge is -2.11. The molecule has 4 nitrogen and oxygen atoms in total. The first-order chi connectivity index (χ1) is 9.12. The molecule has 1 saturated carbocycles. The van der Waals surface area contributed by atoms with Crippen molar-refractivity contribution in [2.75, 3.05) is 12.4 Å². The van der Waals surface area contributed by atoms with E-state index in [9.17, 15) is 8.42 Å². The molecule has 0 spiro atoms. The average molecular weight is 279 g/mol. The van der Waals surface area contributed by atoms with Gasteiger partial charge < -0.3 is 4.74 Å². The maximum absolute atomic E-state index is 12.0. The highest BCUT2D eigenvalue weighted by Crippen LogP contribution is 2.21. The van der Waals surface area contributed by atoms with Crippen LogP contribution in [0.4, 0.5) is 0 Å². The van der Waals surface area contributed by atoms with Crippen LogP contribution in [0, 0.1) is 11.3 Å². The first-order valence-corrected chi connectivity index (χ1v) is 8.11. The lowest BCUT2D eigenvalue weighted by molar-refractivity contribution is 0.0697. The second kappa shape index (κ2) is 6.18. The second-order valence-corrected chi connectivity index (χ2v) is 6.84. The third-order valence-electron chi connectivity index (χ3n) is 3.35. The second-order valence-electron chi connectivity index (χ2n) is 4.73. The Morgan fingerprint density at radius 2 is 1.84 bits per heavy atom. The quantitative estimate of drug-likeness (QED) is 0.829. The summed E-state index contributed by atoms with van der Waals surface area (Å²) in [4.78, 5) is 0.251. The van der Waals surface area contributed by atoms with Crippen molar-refractivity contribution < 1.29 is 13.2 Å². The van der Waals surface area contributed by atoms with Crippen LogP contribution < -0.4 is 0 Å². The molecule has 1 aromatic carbocycles. The van der Waals surface area contributed by atoms with Crippen LogP contribution in [0.2, 0.25) is 0 Å². The molecule has 0 N–H and O–H groups in total. The molecule has 0 atom stereocenters. The SMILES string of the molecule is N#Cc1ccc(S(=O)(=O)CCOC2CCCC2)cc1. The lowest BCUT2D eigenvalue weighted by Crippen LogP contribution is -2.17. The number of ether oxygens (including phenoxy) is 1. The lowest BCUT2D eigenvalue weighted by atomic mass is 10.2. The third kappa shape index (κ3) is 3.79. The van der Waals surface area contributed by atoms with E-state index in [1.165, 1.54) is 37.1 Å². The number of nitriles is 1. The Hall–Kier alpha value is -1.38. The zero-order valence-corrected chi connectivity index (χ0v) is 11.5. The fourth-order valence-corrected chi connectivity index (χ4v) is 3.34.